The average Bonchev–Trinajstić information content (AvgIpc) is 2.39. The van der Waals surface area contributed by atoms with Gasteiger partial charge in [0.15, 0.2) is 0 Å². The summed E-state index contributed by atoms with van der Waals surface area (Å²) in [6, 6.07) is 0. The van der Waals surface area contributed by atoms with E-state index >= 15 is 0 Å². The van der Waals surface area contributed by atoms with Crippen molar-refractivity contribution in [1.29, 1.82) is 0 Å². The van der Waals surface area contributed by atoms with Gasteiger partial charge in [-0.1, -0.05) is 39.8 Å². The zero-order valence-corrected chi connectivity index (χ0v) is 12.7. The van der Waals surface area contributed by atoms with Crippen LogP contribution in [0.2, 0.25) is 0 Å². The average molecular weight is 268 g/mol. The largest absolute Gasteiger partial charge is 0.368 e. The summed E-state index contributed by atoms with van der Waals surface area (Å²) in [5.74, 6) is -0.0431. The Morgan fingerprint density at radius 2 is 2.00 bits per heavy atom. The van der Waals surface area contributed by atoms with E-state index in [9.17, 15) is 9.59 Å². The molecule has 1 aliphatic rings. The van der Waals surface area contributed by atoms with Crippen molar-refractivity contribution in [3.8, 4) is 0 Å². The van der Waals surface area contributed by atoms with E-state index in [0.29, 0.717) is 5.92 Å². The van der Waals surface area contributed by atoms with Gasteiger partial charge in [0.2, 0.25) is 11.8 Å². The normalized spacial score (nSPS) is 28.1. The minimum absolute atomic E-state index is 0.0567. The van der Waals surface area contributed by atoms with Gasteiger partial charge in [-0.15, -0.1) is 0 Å². The van der Waals surface area contributed by atoms with Crippen LogP contribution < -0.4 is 11.1 Å². The van der Waals surface area contributed by atoms with Gasteiger partial charge in [0.1, 0.15) is 0 Å². The van der Waals surface area contributed by atoms with Gasteiger partial charge in [0, 0.05) is 5.41 Å². The van der Waals surface area contributed by atoms with E-state index in [1.54, 1.807) is 0 Å². The number of amides is 2. The van der Waals surface area contributed by atoms with Gasteiger partial charge < -0.3 is 11.1 Å². The molecule has 4 nitrogen and oxygen atoms in total. The molecule has 0 bridgehead atoms. The van der Waals surface area contributed by atoms with Crippen LogP contribution in [0, 0.1) is 11.3 Å². The molecule has 4 heteroatoms. The Morgan fingerprint density at radius 3 is 2.58 bits per heavy atom. The topological polar surface area (TPSA) is 72.2 Å². The molecule has 0 fully saturated rings. The predicted molar refractivity (Wildman–Crippen MR) is 78.4 cm³/mol. The highest BCUT2D eigenvalue weighted by atomic mass is 16.2. The number of hydrogen-bond donors (Lipinski definition) is 2. The van der Waals surface area contributed by atoms with Crippen LogP contribution in [0.4, 0.5) is 0 Å². The van der Waals surface area contributed by atoms with Crippen molar-refractivity contribution >= 4 is 11.8 Å². The minimum atomic E-state index is -0.499. The molecule has 0 saturated heterocycles. The molecule has 0 aromatic rings. The summed E-state index contributed by atoms with van der Waals surface area (Å²) >= 11 is 0. The Balaban J connectivity index is 0.00000154. The summed E-state index contributed by atoms with van der Waals surface area (Å²) in [4.78, 5) is 22.7. The summed E-state index contributed by atoms with van der Waals surface area (Å²) < 4.78 is 0. The van der Waals surface area contributed by atoms with Crippen LogP contribution in [0.3, 0.4) is 0 Å². The van der Waals surface area contributed by atoms with E-state index in [0.717, 1.165) is 25.7 Å². The molecule has 0 heterocycles. The monoisotopic (exact) mass is 268 g/mol. The molecule has 2 atom stereocenters. The third-order valence-electron chi connectivity index (χ3n) is 3.45. The van der Waals surface area contributed by atoms with Crippen LogP contribution in [-0.2, 0) is 9.59 Å². The van der Waals surface area contributed by atoms with E-state index in [2.05, 4.69) is 24.4 Å². The third kappa shape index (κ3) is 6.41. The lowest BCUT2D eigenvalue weighted by Crippen LogP contribution is -2.43. The highest BCUT2D eigenvalue weighted by molar-refractivity contribution is 5.87. The second-order valence-corrected chi connectivity index (χ2v) is 5.19. The Kier molecular flexibility index (Phi) is 8.12. The predicted octanol–water partition coefficient (Wildman–Crippen LogP) is 2.39. The van der Waals surface area contributed by atoms with Crippen molar-refractivity contribution in [3.63, 3.8) is 0 Å². The summed E-state index contributed by atoms with van der Waals surface area (Å²) in [5, 5.41) is 2.62. The Morgan fingerprint density at radius 1 is 1.37 bits per heavy atom. The fourth-order valence-corrected chi connectivity index (χ4v) is 2.11. The number of rotatable bonds is 3. The van der Waals surface area contributed by atoms with Gasteiger partial charge in [0.05, 0.1) is 6.54 Å². The third-order valence-corrected chi connectivity index (χ3v) is 3.45. The molecule has 0 spiro atoms. The minimum Gasteiger partial charge on any atom is -0.368 e. The summed E-state index contributed by atoms with van der Waals surface area (Å²) in [6.07, 6.45) is 7.93. The fourth-order valence-electron chi connectivity index (χ4n) is 2.11. The molecular weight excluding hydrogens is 240 g/mol. The number of nitrogens with two attached hydrogens (primary N) is 1. The maximum atomic E-state index is 12.1. The standard InChI is InChI=1S/C13H22N2O2.C2H6/c1-10-5-3-4-7-13(2,8-6-10)12(17)15-9-11(14)16;1-2/h3,5,10H,4,6-9H2,1-2H3,(H2,14,16)(H,15,17);1-2H3/b5-3+;. The number of carbonyl (C=O) groups excluding carboxylic acids is 2. The number of hydrogen-bond acceptors (Lipinski definition) is 2. The molecule has 0 saturated carbocycles. The van der Waals surface area contributed by atoms with Crippen molar-refractivity contribution in [2.45, 2.75) is 53.4 Å². The highest BCUT2D eigenvalue weighted by Gasteiger charge is 2.32. The maximum absolute atomic E-state index is 12.1. The molecule has 0 aromatic heterocycles. The summed E-state index contributed by atoms with van der Waals surface area (Å²) in [5.41, 5.74) is 4.65. The van der Waals surface area contributed by atoms with E-state index in [1.165, 1.54) is 0 Å². The fraction of sp³-hybridized carbons (Fsp3) is 0.733. The molecule has 19 heavy (non-hydrogen) atoms. The molecular formula is C15H28N2O2. The zero-order valence-electron chi connectivity index (χ0n) is 12.7. The molecule has 2 amide bonds. The molecule has 0 aromatic carbocycles. The molecule has 0 aliphatic heterocycles. The first-order chi connectivity index (χ1) is 8.94. The molecule has 110 valence electrons. The van der Waals surface area contributed by atoms with Crippen LogP contribution in [-0.4, -0.2) is 18.4 Å². The second kappa shape index (κ2) is 8.73. The van der Waals surface area contributed by atoms with Gasteiger partial charge in [-0.05, 0) is 31.6 Å². The van der Waals surface area contributed by atoms with Crippen LogP contribution >= 0.6 is 0 Å². The lowest BCUT2D eigenvalue weighted by atomic mass is 9.77. The van der Waals surface area contributed by atoms with E-state index in [-0.39, 0.29) is 17.9 Å². The SMILES string of the molecule is CC.CC1/C=C/CCC(C)(C(=O)NCC(N)=O)CC1. The summed E-state index contributed by atoms with van der Waals surface area (Å²) in [6.45, 7) is 8.05. The molecule has 0 radical (unpaired) electrons. The molecule has 3 N–H and O–H groups in total. The van der Waals surface area contributed by atoms with Crippen LogP contribution in [0.1, 0.15) is 53.4 Å². The number of allylic oxidation sites excluding steroid dienone is 2. The second-order valence-electron chi connectivity index (χ2n) is 5.19. The van der Waals surface area contributed by atoms with Gasteiger partial charge in [-0.3, -0.25) is 9.59 Å². The molecule has 1 aliphatic carbocycles. The van der Waals surface area contributed by atoms with Crippen molar-refractivity contribution in [1.82, 2.24) is 5.32 Å². The van der Waals surface area contributed by atoms with Crippen molar-refractivity contribution in [2.24, 2.45) is 17.1 Å². The van der Waals surface area contributed by atoms with E-state index in [1.807, 2.05) is 20.8 Å². The number of carbonyl (C=O) groups is 2. The lowest BCUT2D eigenvalue weighted by Gasteiger charge is -2.30. The van der Waals surface area contributed by atoms with Gasteiger partial charge >= 0.3 is 0 Å². The zero-order chi connectivity index (χ0) is 14.9. The van der Waals surface area contributed by atoms with Gasteiger partial charge in [-0.25, -0.2) is 0 Å². The highest BCUT2D eigenvalue weighted by Crippen LogP contribution is 2.33. The van der Waals surface area contributed by atoms with E-state index < -0.39 is 5.91 Å². The lowest BCUT2D eigenvalue weighted by molar-refractivity contribution is -0.132. The first-order valence-electron chi connectivity index (χ1n) is 7.17. The van der Waals surface area contributed by atoms with Gasteiger partial charge in [-0.2, -0.15) is 0 Å². The number of nitrogens with one attached hydrogen (secondary N) is 1. The maximum Gasteiger partial charge on any atom is 0.236 e. The molecule has 2 unspecified atom stereocenters. The van der Waals surface area contributed by atoms with Gasteiger partial charge in [0.25, 0.3) is 0 Å². The van der Waals surface area contributed by atoms with Crippen LogP contribution in [0.25, 0.3) is 0 Å². The molecule has 1 rings (SSSR count). The van der Waals surface area contributed by atoms with Crippen molar-refractivity contribution in [2.75, 3.05) is 6.54 Å². The van der Waals surface area contributed by atoms with Crippen molar-refractivity contribution < 1.29 is 9.59 Å². The van der Waals surface area contributed by atoms with Crippen LogP contribution in [0.15, 0.2) is 12.2 Å². The van der Waals surface area contributed by atoms with E-state index in [4.69, 9.17) is 5.73 Å². The first kappa shape index (κ1) is 17.7. The summed E-state index contributed by atoms with van der Waals surface area (Å²) in [7, 11) is 0. The Labute approximate surface area is 116 Å². The smallest absolute Gasteiger partial charge is 0.236 e. The van der Waals surface area contributed by atoms with Crippen molar-refractivity contribution in [3.05, 3.63) is 12.2 Å². The van der Waals surface area contributed by atoms with Crippen LogP contribution in [0.5, 0.6) is 0 Å². The Hall–Kier alpha value is -1.32. The number of primary amides is 1. The Bertz CT molecular complexity index is 326. The first-order valence-corrected chi connectivity index (χ1v) is 7.17. The quantitative estimate of drug-likeness (QED) is 0.771.